The number of esters is 1. The molecule has 6 rings (SSSR count). The third-order valence-corrected chi connectivity index (χ3v) is 9.38. The SMILES string of the molecule is C[C@]12CCC[C@]3(CO3)[C@@H]1C[C@@H]1[C@H](CNCC[C@@H](Cc3ccccc3)c3ccco3)C(=O)O[C@@H]1C2. The average molecular weight is 464 g/mol. The lowest BCUT2D eigenvalue weighted by Crippen LogP contribution is -2.51. The van der Waals surface area contributed by atoms with Crippen LogP contribution in [0, 0.1) is 23.2 Å². The van der Waals surface area contributed by atoms with Gasteiger partial charge in [0.05, 0.1) is 24.4 Å². The third-order valence-electron chi connectivity index (χ3n) is 9.38. The molecule has 2 aromatic rings. The van der Waals surface area contributed by atoms with Gasteiger partial charge in [-0.1, -0.05) is 37.3 Å². The van der Waals surface area contributed by atoms with Gasteiger partial charge in [0, 0.05) is 18.4 Å². The first-order valence-electron chi connectivity index (χ1n) is 13.2. The van der Waals surface area contributed by atoms with Crippen molar-refractivity contribution in [2.24, 2.45) is 23.2 Å². The van der Waals surface area contributed by atoms with Gasteiger partial charge in [0.2, 0.25) is 0 Å². The Morgan fingerprint density at radius 1 is 1.15 bits per heavy atom. The van der Waals surface area contributed by atoms with Crippen molar-refractivity contribution in [3.05, 3.63) is 60.1 Å². The summed E-state index contributed by atoms with van der Waals surface area (Å²) >= 11 is 0. The molecule has 1 aromatic carbocycles. The van der Waals surface area contributed by atoms with Crippen LogP contribution in [-0.2, 0) is 20.7 Å². The van der Waals surface area contributed by atoms with Gasteiger partial charge in [0.15, 0.2) is 0 Å². The van der Waals surface area contributed by atoms with E-state index in [2.05, 4.69) is 48.6 Å². The van der Waals surface area contributed by atoms with Crippen molar-refractivity contribution in [1.29, 1.82) is 0 Å². The number of hydrogen-bond donors (Lipinski definition) is 1. The molecule has 0 unspecified atom stereocenters. The number of ether oxygens (including phenoxy) is 2. The Balaban J connectivity index is 1.07. The molecule has 5 heteroatoms. The highest BCUT2D eigenvalue weighted by Crippen LogP contribution is 2.62. The molecule has 4 aliphatic rings. The molecule has 1 spiro atoms. The number of epoxide rings is 1. The summed E-state index contributed by atoms with van der Waals surface area (Å²) in [7, 11) is 0. The van der Waals surface area contributed by atoms with E-state index in [4.69, 9.17) is 13.9 Å². The molecule has 2 saturated carbocycles. The predicted octanol–water partition coefficient (Wildman–Crippen LogP) is 5.11. The zero-order valence-electron chi connectivity index (χ0n) is 20.2. The zero-order valence-corrected chi connectivity index (χ0v) is 20.2. The van der Waals surface area contributed by atoms with Crippen LogP contribution in [0.5, 0.6) is 0 Å². The summed E-state index contributed by atoms with van der Waals surface area (Å²) < 4.78 is 17.8. The number of carbonyl (C=O) groups is 1. The van der Waals surface area contributed by atoms with Gasteiger partial charge in [-0.3, -0.25) is 4.79 Å². The van der Waals surface area contributed by atoms with Gasteiger partial charge in [-0.25, -0.2) is 0 Å². The highest BCUT2D eigenvalue weighted by Gasteiger charge is 2.64. The minimum Gasteiger partial charge on any atom is -0.469 e. The number of nitrogens with one attached hydrogen (secondary N) is 1. The van der Waals surface area contributed by atoms with Gasteiger partial charge in [-0.05, 0) is 80.5 Å². The summed E-state index contributed by atoms with van der Waals surface area (Å²) in [5.74, 6) is 2.21. The first kappa shape index (κ1) is 22.4. The van der Waals surface area contributed by atoms with Crippen molar-refractivity contribution < 1.29 is 18.7 Å². The Kier molecular flexibility index (Phi) is 5.81. The van der Waals surface area contributed by atoms with Crippen LogP contribution in [0.25, 0.3) is 0 Å². The van der Waals surface area contributed by atoms with Gasteiger partial charge >= 0.3 is 5.97 Å². The second-order valence-electron chi connectivity index (χ2n) is 11.5. The van der Waals surface area contributed by atoms with Crippen LogP contribution in [0.2, 0.25) is 0 Å². The number of fused-ring (bicyclic) bond motifs is 3. The minimum absolute atomic E-state index is 0.00221. The standard InChI is InChI=1S/C29H37NO4/c1-28-11-6-12-29(19-33-29)26(28)16-22-23(27(31)34-25(22)17-28)18-30-13-10-21(24-9-5-14-32-24)15-20-7-3-2-4-8-20/h2-5,7-9,14,21-23,25-26,30H,6,10-13,15-19H2,1H3/t21-,22+,23-,25+,26+,28+,29-/m0/s1. The second kappa shape index (κ2) is 8.83. The molecule has 5 nitrogen and oxygen atoms in total. The lowest BCUT2D eigenvalue weighted by atomic mass is 9.53. The maximum Gasteiger partial charge on any atom is 0.310 e. The maximum atomic E-state index is 12.9. The van der Waals surface area contributed by atoms with E-state index in [1.54, 1.807) is 6.26 Å². The van der Waals surface area contributed by atoms with Gasteiger partial charge in [0.1, 0.15) is 11.9 Å². The molecule has 1 aromatic heterocycles. The van der Waals surface area contributed by atoms with E-state index >= 15 is 0 Å². The van der Waals surface area contributed by atoms with Crippen LogP contribution >= 0.6 is 0 Å². The number of carbonyl (C=O) groups excluding carboxylic acids is 1. The quantitative estimate of drug-likeness (QED) is 0.335. The number of furan rings is 1. The molecule has 7 atom stereocenters. The third kappa shape index (κ3) is 4.11. The molecule has 3 heterocycles. The van der Waals surface area contributed by atoms with Gasteiger partial charge in [0.25, 0.3) is 0 Å². The number of rotatable bonds is 8. The molecule has 34 heavy (non-hydrogen) atoms. The van der Waals surface area contributed by atoms with E-state index in [-0.39, 0.29) is 29.0 Å². The lowest BCUT2D eigenvalue weighted by Gasteiger charge is -2.51. The molecule has 4 fully saturated rings. The Hall–Kier alpha value is -2.11. The fourth-order valence-electron chi connectivity index (χ4n) is 7.49. The van der Waals surface area contributed by atoms with E-state index in [0.29, 0.717) is 24.3 Å². The molecule has 0 amide bonds. The molecule has 2 saturated heterocycles. The second-order valence-corrected chi connectivity index (χ2v) is 11.5. The summed E-state index contributed by atoms with van der Waals surface area (Å²) in [6.45, 7) is 4.89. The molecular weight excluding hydrogens is 426 g/mol. The first-order chi connectivity index (χ1) is 16.6. The van der Waals surface area contributed by atoms with Crippen molar-refractivity contribution in [2.75, 3.05) is 19.7 Å². The fraction of sp³-hybridized carbons (Fsp3) is 0.621. The Labute approximate surface area is 202 Å². The van der Waals surface area contributed by atoms with Gasteiger partial charge in [-0.2, -0.15) is 0 Å². The van der Waals surface area contributed by atoms with Crippen molar-refractivity contribution in [3.63, 3.8) is 0 Å². The predicted molar refractivity (Wildman–Crippen MR) is 129 cm³/mol. The zero-order chi connectivity index (χ0) is 23.2. The Morgan fingerprint density at radius 2 is 2.00 bits per heavy atom. The van der Waals surface area contributed by atoms with Crippen LogP contribution in [-0.4, -0.2) is 37.4 Å². The number of benzene rings is 1. The van der Waals surface area contributed by atoms with Crippen molar-refractivity contribution >= 4 is 5.97 Å². The topological polar surface area (TPSA) is 64.0 Å². The lowest BCUT2D eigenvalue weighted by molar-refractivity contribution is -0.147. The summed E-state index contributed by atoms with van der Waals surface area (Å²) in [6.07, 6.45) is 9.51. The van der Waals surface area contributed by atoms with Crippen LogP contribution in [0.1, 0.15) is 62.7 Å². The summed E-state index contributed by atoms with van der Waals surface area (Å²) in [6, 6.07) is 14.6. The van der Waals surface area contributed by atoms with E-state index in [9.17, 15) is 4.79 Å². The normalized spacial score (nSPS) is 37.1. The Morgan fingerprint density at radius 3 is 2.76 bits per heavy atom. The van der Waals surface area contributed by atoms with Gasteiger partial charge in [-0.15, -0.1) is 0 Å². The van der Waals surface area contributed by atoms with E-state index in [1.807, 2.05) is 6.07 Å². The monoisotopic (exact) mass is 463 g/mol. The molecule has 1 N–H and O–H groups in total. The maximum absolute atomic E-state index is 12.9. The van der Waals surface area contributed by atoms with Crippen molar-refractivity contribution in [3.8, 4) is 0 Å². The molecule has 2 aliphatic heterocycles. The van der Waals surface area contributed by atoms with E-state index in [0.717, 1.165) is 44.6 Å². The van der Waals surface area contributed by atoms with Crippen molar-refractivity contribution in [1.82, 2.24) is 5.32 Å². The van der Waals surface area contributed by atoms with Crippen LogP contribution in [0.4, 0.5) is 0 Å². The molecule has 2 aliphatic carbocycles. The highest BCUT2D eigenvalue weighted by atomic mass is 16.6. The molecule has 182 valence electrons. The highest BCUT2D eigenvalue weighted by molar-refractivity contribution is 5.75. The largest absolute Gasteiger partial charge is 0.469 e. The molecular formula is C29H37NO4. The van der Waals surface area contributed by atoms with Crippen LogP contribution in [0.3, 0.4) is 0 Å². The smallest absolute Gasteiger partial charge is 0.310 e. The molecule has 0 bridgehead atoms. The van der Waals surface area contributed by atoms with Gasteiger partial charge < -0.3 is 19.2 Å². The summed E-state index contributed by atoms with van der Waals surface area (Å²) in [5.41, 5.74) is 1.68. The van der Waals surface area contributed by atoms with Crippen LogP contribution in [0.15, 0.2) is 53.1 Å². The summed E-state index contributed by atoms with van der Waals surface area (Å²) in [5, 5.41) is 3.61. The minimum atomic E-state index is -0.0385. The van der Waals surface area contributed by atoms with Crippen LogP contribution < -0.4 is 5.32 Å². The van der Waals surface area contributed by atoms with Crippen molar-refractivity contribution in [2.45, 2.75) is 69.5 Å². The summed E-state index contributed by atoms with van der Waals surface area (Å²) in [4.78, 5) is 12.9. The van der Waals surface area contributed by atoms with E-state index in [1.165, 1.54) is 24.8 Å². The average Bonchev–Trinajstić information content (AvgIpc) is 3.25. The molecule has 0 radical (unpaired) electrons. The Bertz CT molecular complexity index is 985. The number of hydrogen-bond acceptors (Lipinski definition) is 5. The van der Waals surface area contributed by atoms with E-state index < -0.39 is 0 Å². The first-order valence-corrected chi connectivity index (χ1v) is 13.2. The fourth-order valence-corrected chi connectivity index (χ4v) is 7.49.